The molecule has 0 radical (unpaired) electrons. The molecule has 3 N–H and O–H groups in total. The molecule has 2 aliphatic rings. The number of aromatic nitrogens is 1. The van der Waals surface area contributed by atoms with Crippen molar-refractivity contribution in [3.05, 3.63) is 29.7 Å². The summed E-state index contributed by atoms with van der Waals surface area (Å²) in [5.74, 6) is 0.422. The highest BCUT2D eigenvalue weighted by atomic mass is 32.2. The van der Waals surface area contributed by atoms with Gasteiger partial charge in [0.1, 0.15) is 11.8 Å². The summed E-state index contributed by atoms with van der Waals surface area (Å²) in [7, 11) is -3.04. The molecule has 2 aliphatic heterocycles. The number of carbonyl (C=O) groups excluding carboxylic acids is 2. The molecule has 2 aromatic rings. The van der Waals surface area contributed by atoms with Gasteiger partial charge in [0.05, 0.1) is 28.6 Å². The summed E-state index contributed by atoms with van der Waals surface area (Å²) in [6.45, 7) is 3.66. The fourth-order valence-electron chi connectivity index (χ4n) is 3.98. The van der Waals surface area contributed by atoms with Crippen LogP contribution in [0.5, 0.6) is 0 Å². The Morgan fingerprint density at radius 1 is 1.23 bits per heavy atom. The lowest BCUT2D eigenvalue weighted by molar-refractivity contribution is -0.122. The van der Waals surface area contributed by atoms with Crippen LogP contribution in [-0.4, -0.2) is 49.0 Å². The number of nitrogens with one attached hydrogen (secondary N) is 3. The second kappa shape index (κ2) is 7.75. The van der Waals surface area contributed by atoms with Crippen molar-refractivity contribution in [2.24, 2.45) is 0 Å². The van der Waals surface area contributed by atoms with Gasteiger partial charge in [0.15, 0.2) is 9.84 Å². The fraction of sp³-hybridized carbons (Fsp3) is 0.450. The first-order chi connectivity index (χ1) is 14.2. The average Bonchev–Trinajstić information content (AvgIpc) is 3.36. The van der Waals surface area contributed by atoms with Crippen LogP contribution in [0.4, 0.5) is 11.4 Å². The minimum Gasteiger partial charge on any atom is -0.380 e. The van der Waals surface area contributed by atoms with Crippen LogP contribution < -0.4 is 16.0 Å². The van der Waals surface area contributed by atoms with Crippen LogP contribution in [0.15, 0.2) is 22.7 Å². The molecular formula is C20H24N4O5S. The molecule has 9 nitrogen and oxygen atoms in total. The predicted molar refractivity (Wildman–Crippen MR) is 112 cm³/mol. The summed E-state index contributed by atoms with van der Waals surface area (Å²) >= 11 is 0. The van der Waals surface area contributed by atoms with Crippen molar-refractivity contribution < 1.29 is 22.5 Å². The van der Waals surface area contributed by atoms with Crippen molar-refractivity contribution >= 4 is 33.0 Å². The summed E-state index contributed by atoms with van der Waals surface area (Å²) in [5, 5.41) is 12.8. The zero-order valence-corrected chi connectivity index (χ0v) is 17.6. The quantitative estimate of drug-likeness (QED) is 0.656. The summed E-state index contributed by atoms with van der Waals surface area (Å²) in [5.41, 5.74) is 3.54. The smallest absolute Gasteiger partial charge is 0.247 e. The third-order valence-electron chi connectivity index (χ3n) is 5.50. The molecule has 10 heteroatoms. The first-order valence-corrected chi connectivity index (χ1v) is 11.7. The van der Waals surface area contributed by atoms with E-state index in [2.05, 4.69) is 21.1 Å². The van der Waals surface area contributed by atoms with Crippen molar-refractivity contribution in [3.63, 3.8) is 0 Å². The number of nitrogens with zero attached hydrogens (tertiary/aromatic N) is 1. The van der Waals surface area contributed by atoms with Gasteiger partial charge in [-0.3, -0.25) is 9.59 Å². The molecule has 0 spiro atoms. The number of benzene rings is 1. The van der Waals surface area contributed by atoms with Gasteiger partial charge in [-0.05, 0) is 44.4 Å². The number of amides is 2. The maximum atomic E-state index is 12.7. The minimum absolute atomic E-state index is 0.0602. The highest BCUT2D eigenvalue weighted by molar-refractivity contribution is 7.91. The van der Waals surface area contributed by atoms with E-state index in [0.717, 1.165) is 16.8 Å². The Kier molecular flexibility index (Phi) is 5.27. The normalized spacial score (nSPS) is 22.7. The number of carbonyl (C=O) groups is 2. The zero-order valence-electron chi connectivity index (χ0n) is 16.8. The Morgan fingerprint density at radius 2 is 2.03 bits per heavy atom. The molecule has 4 rings (SSSR count). The number of anilines is 2. The van der Waals surface area contributed by atoms with Crippen molar-refractivity contribution in [2.75, 3.05) is 22.1 Å². The van der Waals surface area contributed by atoms with E-state index >= 15 is 0 Å². The van der Waals surface area contributed by atoms with Crippen LogP contribution in [0.2, 0.25) is 0 Å². The third kappa shape index (κ3) is 4.18. The number of sulfone groups is 1. The van der Waals surface area contributed by atoms with Crippen LogP contribution in [0.1, 0.15) is 30.7 Å². The van der Waals surface area contributed by atoms with Gasteiger partial charge < -0.3 is 20.5 Å². The van der Waals surface area contributed by atoms with Gasteiger partial charge in [0.2, 0.25) is 11.8 Å². The summed E-state index contributed by atoms with van der Waals surface area (Å²) in [6.07, 6.45) is 1.28. The van der Waals surface area contributed by atoms with E-state index in [1.807, 2.05) is 32.0 Å². The van der Waals surface area contributed by atoms with Gasteiger partial charge in [0, 0.05) is 18.0 Å². The number of hydrogen-bond acceptors (Lipinski definition) is 7. The molecule has 1 aromatic heterocycles. The first kappa shape index (κ1) is 20.4. The van der Waals surface area contributed by atoms with E-state index < -0.39 is 15.9 Å². The van der Waals surface area contributed by atoms with Crippen molar-refractivity contribution in [1.29, 1.82) is 0 Å². The van der Waals surface area contributed by atoms with E-state index in [0.29, 0.717) is 36.4 Å². The third-order valence-corrected chi connectivity index (χ3v) is 7.27. The Morgan fingerprint density at radius 3 is 2.63 bits per heavy atom. The lowest BCUT2D eigenvalue weighted by atomic mass is 10.0. The van der Waals surface area contributed by atoms with Crippen LogP contribution in [-0.2, 0) is 19.4 Å². The Bertz CT molecular complexity index is 1090. The van der Waals surface area contributed by atoms with E-state index in [1.54, 1.807) is 0 Å². The molecule has 1 aromatic carbocycles. The summed E-state index contributed by atoms with van der Waals surface area (Å²) in [4.78, 5) is 24.2. The highest BCUT2D eigenvalue weighted by Gasteiger charge is 2.30. The van der Waals surface area contributed by atoms with Crippen LogP contribution in [0.3, 0.4) is 0 Å². The highest BCUT2D eigenvalue weighted by Crippen LogP contribution is 2.34. The molecular weight excluding hydrogens is 408 g/mol. The fourth-order valence-corrected chi connectivity index (χ4v) is 5.66. The minimum atomic E-state index is -3.04. The molecule has 2 atom stereocenters. The Labute approximate surface area is 174 Å². The van der Waals surface area contributed by atoms with Crippen LogP contribution in [0, 0.1) is 13.8 Å². The molecule has 3 heterocycles. The maximum Gasteiger partial charge on any atom is 0.247 e. The molecule has 2 fully saturated rings. The number of aryl methyl sites for hydroxylation is 2. The lowest BCUT2D eigenvalue weighted by Crippen LogP contribution is -2.37. The monoisotopic (exact) mass is 432 g/mol. The largest absolute Gasteiger partial charge is 0.380 e. The topological polar surface area (TPSA) is 130 Å². The van der Waals surface area contributed by atoms with E-state index in [-0.39, 0.29) is 29.4 Å². The molecule has 0 aliphatic carbocycles. The number of hydrogen-bond donors (Lipinski definition) is 3. The van der Waals surface area contributed by atoms with Crippen LogP contribution >= 0.6 is 0 Å². The predicted octanol–water partition coefficient (Wildman–Crippen LogP) is 1.77. The number of rotatable bonds is 5. The molecule has 0 saturated carbocycles. The summed E-state index contributed by atoms with van der Waals surface area (Å²) in [6, 6.07) is 4.70. The molecule has 160 valence electrons. The Balaban J connectivity index is 1.64. The van der Waals surface area contributed by atoms with Gasteiger partial charge in [0.25, 0.3) is 0 Å². The van der Waals surface area contributed by atoms with E-state index in [9.17, 15) is 18.0 Å². The average molecular weight is 433 g/mol. The SMILES string of the molecule is Cc1noc(C)c1-c1ccc(N[C@H]2CCS(=O)(=O)C2)c(NC(=O)[C@@H]2CCC(=O)N2)c1. The lowest BCUT2D eigenvalue weighted by Gasteiger charge is -2.19. The van der Waals surface area contributed by atoms with Crippen LogP contribution in [0.25, 0.3) is 11.1 Å². The molecule has 0 bridgehead atoms. The van der Waals surface area contributed by atoms with E-state index in [4.69, 9.17) is 4.52 Å². The second-order valence-electron chi connectivity index (χ2n) is 7.85. The first-order valence-electron chi connectivity index (χ1n) is 9.86. The second-order valence-corrected chi connectivity index (χ2v) is 10.1. The maximum absolute atomic E-state index is 12.7. The van der Waals surface area contributed by atoms with Gasteiger partial charge in [-0.25, -0.2) is 8.42 Å². The zero-order chi connectivity index (χ0) is 21.5. The van der Waals surface area contributed by atoms with Gasteiger partial charge >= 0.3 is 0 Å². The van der Waals surface area contributed by atoms with Crippen molar-refractivity contribution in [3.8, 4) is 11.1 Å². The Hall–Kier alpha value is -2.88. The molecule has 2 saturated heterocycles. The van der Waals surface area contributed by atoms with Crippen molar-refractivity contribution in [1.82, 2.24) is 10.5 Å². The van der Waals surface area contributed by atoms with E-state index in [1.165, 1.54) is 0 Å². The van der Waals surface area contributed by atoms with Gasteiger partial charge in [-0.2, -0.15) is 0 Å². The molecule has 30 heavy (non-hydrogen) atoms. The molecule has 0 unspecified atom stereocenters. The summed E-state index contributed by atoms with van der Waals surface area (Å²) < 4.78 is 28.9. The van der Waals surface area contributed by atoms with Gasteiger partial charge in [-0.1, -0.05) is 11.2 Å². The molecule has 2 amide bonds. The van der Waals surface area contributed by atoms with Gasteiger partial charge in [-0.15, -0.1) is 0 Å². The standard InChI is InChI=1S/C20H24N4O5S/c1-11-19(12(2)29-24-11)13-3-4-15(21-14-7-8-30(27,28)10-14)17(9-13)23-20(26)16-5-6-18(25)22-16/h3-4,9,14,16,21H,5-8,10H2,1-2H3,(H,22,25)(H,23,26)/t14-,16-/m0/s1. The van der Waals surface area contributed by atoms with Crippen molar-refractivity contribution in [2.45, 2.75) is 45.2 Å².